The lowest BCUT2D eigenvalue weighted by Crippen LogP contribution is -2.38. The number of hydrogen-bond acceptors (Lipinski definition) is 5. The summed E-state index contributed by atoms with van der Waals surface area (Å²) in [7, 11) is 3.46. The molecule has 0 saturated carbocycles. The molecule has 1 atom stereocenters. The molecule has 1 rings (SSSR count). The van der Waals surface area contributed by atoms with E-state index in [-0.39, 0.29) is 6.04 Å². The van der Waals surface area contributed by atoms with Crippen LogP contribution in [-0.4, -0.2) is 61.5 Å². The molecule has 0 saturated heterocycles. The minimum atomic E-state index is 0.155. The fourth-order valence-electron chi connectivity index (χ4n) is 2.51. The minimum Gasteiger partial charge on any atom is -0.385 e. The van der Waals surface area contributed by atoms with Gasteiger partial charge in [0.15, 0.2) is 0 Å². The first kappa shape index (κ1) is 18.1. The zero-order valence-electron chi connectivity index (χ0n) is 13.8. The number of rotatable bonds is 11. The van der Waals surface area contributed by atoms with Crippen molar-refractivity contribution in [1.82, 2.24) is 14.5 Å². The average Bonchev–Trinajstić information content (AvgIpc) is 2.94. The number of aromatic nitrogens is 2. The standard InChI is InChI=1S/C15H30N4O2/c1-13(2)19-12-17-11-15(19)14(10-16)18(7-9-21-4)6-5-8-20-3/h11-14H,5-10,16H2,1-4H3. The highest BCUT2D eigenvalue weighted by molar-refractivity contribution is 5.07. The van der Waals surface area contributed by atoms with Gasteiger partial charge >= 0.3 is 0 Å². The van der Waals surface area contributed by atoms with Crippen molar-refractivity contribution in [2.24, 2.45) is 5.73 Å². The zero-order chi connectivity index (χ0) is 15.7. The Morgan fingerprint density at radius 1 is 1.24 bits per heavy atom. The van der Waals surface area contributed by atoms with Crippen LogP contribution in [0.5, 0.6) is 0 Å². The lowest BCUT2D eigenvalue weighted by atomic mass is 10.1. The summed E-state index contributed by atoms with van der Waals surface area (Å²) in [6.07, 6.45) is 4.78. The van der Waals surface area contributed by atoms with Gasteiger partial charge in [0.25, 0.3) is 0 Å². The van der Waals surface area contributed by atoms with Crippen molar-refractivity contribution >= 4 is 0 Å². The van der Waals surface area contributed by atoms with Gasteiger partial charge in [-0.2, -0.15) is 0 Å². The largest absolute Gasteiger partial charge is 0.385 e. The van der Waals surface area contributed by atoms with Crippen LogP contribution in [0.25, 0.3) is 0 Å². The molecule has 0 aliphatic rings. The predicted octanol–water partition coefficient (Wildman–Crippen LogP) is 1.45. The minimum absolute atomic E-state index is 0.155. The van der Waals surface area contributed by atoms with Crippen molar-refractivity contribution in [2.75, 3.05) is 47.1 Å². The predicted molar refractivity (Wildman–Crippen MR) is 84.3 cm³/mol. The molecule has 1 aromatic heterocycles. The van der Waals surface area contributed by atoms with E-state index in [0.29, 0.717) is 19.2 Å². The van der Waals surface area contributed by atoms with Gasteiger partial charge in [0.05, 0.1) is 24.7 Å². The summed E-state index contributed by atoms with van der Waals surface area (Å²) in [5.74, 6) is 0. The highest BCUT2D eigenvalue weighted by atomic mass is 16.5. The van der Waals surface area contributed by atoms with Crippen molar-refractivity contribution in [3.8, 4) is 0 Å². The highest BCUT2D eigenvalue weighted by Crippen LogP contribution is 2.22. The first-order valence-corrected chi connectivity index (χ1v) is 7.59. The molecule has 0 aliphatic heterocycles. The van der Waals surface area contributed by atoms with Gasteiger partial charge in [0, 0.05) is 52.7 Å². The molecule has 1 aromatic rings. The summed E-state index contributed by atoms with van der Waals surface area (Å²) in [6.45, 7) is 8.11. The molecule has 21 heavy (non-hydrogen) atoms. The molecule has 0 aromatic carbocycles. The van der Waals surface area contributed by atoms with E-state index in [1.807, 2.05) is 12.5 Å². The Morgan fingerprint density at radius 2 is 1.95 bits per heavy atom. The van der Waals surface area contributed by atoms with Crippen LogP contribution in [0.15, 0.2) is 12.5 Å². The molecule has 6 heteroatoms. The maximum atomic E-state index is 6.06. The maximum Gasteiger partial charge on any atom is 0.0951 e. The summed E-state index contributed by atoms with van der Waals surface area (Å²) >= 11 is 0. The third-order valence-corrected chi connectivity index (χ3v) is 3.63. The van der Waals surface area contributed by atoms with Gasteiger partial charge in [-0.25, -0.2) is 4.98 Å². The van der Waals surface area contributed by atoms with E-state index in [2.05, 4.69) is 28.3 Å². The summed E-state index contributed by atoms with van der Waals surface area (Å²) < 4.78 is 12.6. The summed E-state index contributed by atoms with van der Waals surface area (Å²) in [6, 6.07) is 0.529. The maximum absolute atomic E-state index is 6.06. The van der Waals surface area contributed by atoms with Crippen molar-refractivity contribution in [3.05, 3.63) is 18.2 Å². The SMILES string of the molecule is COCCCN(CCOC)C(CN)c1cncn1C(C)C. The third kappa shape index (κ3) is 5.39. The molecule has 0 aliphatic carbocycles. The number of methoxy groups -OCH3 is 2. The second-order valence-corrected chi connectivity index (χ2v) is 5.45. The second kappa shape index (κ2) is 9.89. The van der Waals surface area contributed by atoms with E-state index in [1.54, 1.807) is 14.2 Å². The van der Waals surface area contributed by atoms with Gasteiger partial charge in [0.2, 0.25) is 0 Å². The zero-order valence-corrected chi connectivity index (χ0v) is 13.8. The monoisotopic (exact) mass is 298 g/mol. The van der Waals surface area contributed by atoms with Crippen LogP contribution in [0.1, 0.15) is 38.0 Å². The first-order valence-electron chi connectivity index (χ1n) is 7.59. The van der Waals surface area contributed by atoms with Gasteiger partial charge in [-0.3, -0.25) is 4.90 Å². The molecule has 0 bridgehead atoms. The second-order valence-electron chi connectivity index (χ2n) is 5.45. The summed E-state index contributed by atoms with van der Waals surface area (Å²) in [4.78, 5) is 6.66. The van der Waals surface area contributed by atoms with Crippen molar-refractivity contribution in [3.63, 3.8) is 0 Å². The van der Waals surface area contributed by atoms with Crippen LogP contribution in [0, 0.1) is 0 Å². The Hall–Kier alpha value is -0.950. The lowest BCUT2D eigenvalue weighted by Gasteiger charge is -2.32. The topological polar surface area (TPSA) is 65.5 Å². The molecule has 0 fully saturated rings. The fourth-order valence-corrected chi connectivity index (χ4v) is 2.51. The molecule has 2 N–H and O–H groups in total. The lowest BCUT2D eigenvalue weighted by molar-refractivity contribution is 0.105. The quantitative estimate of drug-likeness (QED) is 0.626. The Morgan fingerprint density at radius 3 is 2.52 bits per heavy atom. The van der Waals surface area contributed by atoms with E-state index >= 15 is 0 Å². The molecule has 1 heterocycles. The van der Waals surface area contributed by atoms with E-state index in [0.717, 1.165) is 26.1 Å². The number of ether oxygens (including phenoxy) is 2. The van der Waals surface area contributed by atoms with E-state index in [9.17, 15) is 0 Å². The molecule has 122 valence electrons. The van der Waals surface area contributed by atoms with Crippen LogP contribution >= 0.6 is 0 Å². The van der Waals surface area contributed by atoms with Crippen LogP contribution in [-0.2, 0) is 9.47 Å². The number of hydrogen-bond donors (Lipinski definition) is 1. The summed E-state index contributed by atoms with van der Waals surface area (Å²) in [5, 5.41) is 0. The Bertz CT molecular complexity index is 382. The molecule has 0 radical (unpaired) electrons. The van der Waals surface area contributed by atoms with Gasteiger partial charge in [-0.15, -0.1) is 0 Å². The van der Waals surface area contributed by atoms with Gasteiger partial charge in [0.1, 0.15) is 0 Å². The van der Waals surface area contributed by atoms with Crippen LogP contribution in [0.3, 0.4) is 0 Å². The highest BCUT2D eigenvalue weighted by Gasteiger charge is 2.22. The first-order chi connectivity index (χ1) is 10.2. The number of nitrogens with two attached hydrogens (primary N) is 1. The van der Waals surface area contributed by atoms with Crippen LogP contribution in [0.4, 0.5) is 0 Å². The van der Waals surface area contributed by atoms with E-state index in [1.165, 1.54) is 5.69 Å². The van der Waals surface area contributed by atoms with Gasteiger partial charge in [-0.1, -0.05) is 0 Å². The molecular weight excluding hydrogens is 268 g/mol. The molecule has 1 unspecified atom stereocenters. The Labute approximate surface area is 128 Å². The van der Waals surface area contributed by atoms with Crippen molar-refractivity contribution in [2.45, 2.75) is 32.4 Å². The average molecular weight is 298 g/mol. The van der Waals surface area contributed by atoms with Crippen molar-refractivity contribution < 1.29 is 9.47 Å². The fraction of sp³-hybridized carbons (Fsp3) is 0.800. The third-order valence-electron chi connectivity index (χ3n) is 3.63. The van der Waals surface area contributed by atoms with Crippen LogP contribution < -0.4 is 5.73 Å². The Kier molecular flexibility index (Phi) is 8.52. The van der Waals surface area contributed by atoms with E-state index in [4.69, 9.17) is 15.2 Å². The number of nitrogens with zero attached hydrogens (tertiary/aromatic N) is 3. The number of imidazole rings is 1. The Balaban J connectivity index is 2.85. The van der Waals surface area contributed by atoms with Gasteiger partial charge in [-0.05, 0) is 20.3 Å². The van der Waals surface area contributed by atoms with E-state index < -0.39 is 0 Å². The smallest absolute Gasteiger partial charge is 0.0951 e. The summed E-state index contributed by atoms with van der Waals surface area (Å²) in [5.41, 5.74) is 7.22. The normalized spacial score (nSPS) is 13.3. The molecule has 0 amide bonds. The molecule has 6 nitrogen and oxygen atoms in total. The van der Waals surface area contributed by atoms with Gasteiger partial charge < -0.3 is 19.8 Å². The van der Waals surface area contributed by atoms with Crippen LogP contribution in [0.2, 0.25) is 0 Å². The molecule has 0 spiro atoms. The molecular formula is C15H30N4O2. The van der Waals surface area contributed by atoms with Crippen molar-refractivity contribution in [1.29, 1.82) is 0 Å².